The monoisotopic (exact) mass is 394 g/mol. The van der Waals surface area contributed by atoms with Crippen molar-refractivity contribution in [3.8, 4) is 0 Å². The third kappa shape index (κ3) is 6.74. The van der Waals surface area contributed by atoms with Gasteiger partial charge in [-0.25, -0.2) is 0 Å². The van der Waals surface area contributed by atoms with Crippen LogP contribution in [0, 0.1) is 13.8 Å². The van der Waals surface area contributed by atoms with Gasteiger partial charge in [0.05, 0.1) is 6.42 Å². The van der Waals surface area contributed by atoms with Gasteiger partial charge in [0, 0.05) is 13.1 Å². The molecule has 0 aliphatic heterocycles. The van der Waals surface area contributed by atoms with Crippen molar-refractivity contribution in [2.75, 3.05) is 6.54 Å². The second-order valence-corrected chi connectivity index (χ2v) is 7.68. The van der Waals surface area contributed by atoms with E-state index in [4.69, 9.17) is 0 Å². The van der Waals surface area contributed by atoms with Crippen LogP contribution >= 0.6 is 0 Å². The van der Waals surface area contributed by atoms with E-state index >= 15 is 0 Å². The van der Waals surface area contributed by atoms with Crippen molar-refractivity contribution in [1.82, 2.24) is 10.2 Å². The summed E-state index contributed by atoms with van der Waals surface area (Å²) in [6, 6.07) is 15.6. The minimum absolute atomic E-state index is 0.0173. The molecule has 0 fully saturated rings. The van der Waals surface area contributed by atoms with Gasteiger partial charge in [-0.2, -0.15) is 0 Å². The molecule has 0 heterocycles. The third-order valence-corrected chi connectivity index (χ3v) is 5.26. The average Bonchev–Trinajstić information content (AvgIpc) is 2.69. The molecule has 29 heavy (non-hydrogen) atoms. The Kier molecular flexibility index (Phi) is 8.91. The van der Waals surface area contributed by atoms with Crippen LogP contribution in [0.1, 0.15) is 55.4 Å². The van der Waals surface area contributed by atoms with Crippen molar-refractivity contribution in [2.24, 2.45) is 0 Å². The average molecular weight is 395 g/mol. The summed E-state index contributed by atoms with van der Waals surface area (Å²) in [5, 5.41) is 3.01. The lowest BCUT2D eigenvalue weighted by Gasteiger charge is -2.31. The molecule has 2 rings (SSSR count). The molecular weight excluding hydrogens is 360 g/mol. The van der Waals surface area contributed by atoms with Crippen LogP contribution in [0.4, 0.5) is 0 Å². The second kappa shape index (κ2) is 11.4. The van der Waals surface area contributed by atoms with E-state index in [2.05, 4.69) is 12.2 Å². The molecule has 0 bridgehead atoms. The smallest absolute Gasteiger partial charge is 0.242 e. The van der Waals surface area contributed by atoms with Crippen LogP contribution in [-0.2, 0) is 22.6 Å². The van der Waals surface area contributed by atoms with Gasteiger partial charge in [0.1, 0.15) is 6.04 Å². The van der Waals surface area contributed by atoms with Gasteiger partial charge in [0.2, 0.25) is 11.8 Å². The van der Waals surface area contributed by atoms with Crippen LogP contribution in [0.2, 0.25) is 0 Å². The number of hydrogen-bond donors (Lipinski definition) is 1. The zero-order valence-corrected chi connectivity index (χ0v) is 18.2. The fourth-order valence-corrected chi connectivity index (χ4v) is 3.49. The summed E-state index contributed by atoms with van der Waals surface area (Å²) in [7, 11) is 0. The maximum absolute atomic E-state index is 13.3. The molecule has 2 aromatic rings. The molecule has 4 heteroatoms. The molecule has 4 nitrogen and oxygen atoms in total. The predicted molar refractivity (Wildman–Crippen MR) is 119 cm³/mol. The maximum atomic E-state index is 13.3. The van der Waals surface area contributed by atoms with Gasteiger partial charge in [-0.3, -0.25) is 9.59 Å². The van der Waals surface area contributed by atoms with E-state index in [1.807, 2.05) is 69.3 Å². The Balaban J connectivity index is 2.26. The van der Waals surface area contributed by atoms with Crippen LogP contribution in [0.3, 0.4) is 0 Å². The van der Waals surface area contributed by atoms with E-state index < -0.39 is 6.04 Å². The Morgan fingerprint density at radius 2 is 1.79 bits per heavy atom. The molecule has 1 unspecified atom stereocenters. The number of nitrogens with zero attached hydrogens (tertiary/aromatic N) is 1. The first kappa shape index (κ1) is 22.7. The minimum Gasteiger partial charge on any atom is -0.354 e. The van der Waals surface area contributed by atoms with Crippen LogP contribution < -0.4 is 5.32 Å². The highest BCUT2D eigenvalue weighted by Crippen LogP contribution is 2.17. The topological polar surface area (TPSA) is 49.4 Å². The van der Waals surface area contributed by atoms with Crippen molar-refractivity contribution < 1.29 is 9.59 Å². The molecule has 156 valence electrons. The van der Waals surface area contributed by atoms with Gasteiger partial charge in [-0.15, -0.1) is 0 Å². The minimum atomic E-state index is -0.469. The van der Waals surface area contributed by atoms with Crippen molar-refractivity contribution >= 4 is 11.8 Å². The molecule has 2 aromatic carbocycles. The zero-order chi connectivity index (χ0) is 21.2. The Hall–Kier alpha value is -2.62. The van der Waals surface area contributed by atoms with Gasteiger partial charge >= 0.3 is 0 Å². The van der Waals surface area contributed by atoms with Crippen molar-refractivity contribution in [1.29, 1.82) is 0 Å². The largest absolute Gasteiger partial charge is 0.354 e. The first-order valence-electron chi connectivity index (χ1n) is 10.6. The van der Waals surface area contributed by atoms with Crippen molar-refractivity contribution in [3.05, 3.63) is 70.8 Å². The number of amides is 2. The Morgan fingerprint density at radius 1 is 1.03 bits per heavy atom. The first-order chi connectivity index (χ1) is 14.0. The first-order valence-corrected chi connectivity index (χ1v) is 10.6. The Bertz CT molecular complexity index is 816. The van der Waals surface area contributed by atoms with Gasteiger partial charge < -0.3 is 10.2 Å². The van der Waals surface area contributed by atoms with E-state index in [0.717, 1.165) is 35.1 Å². The number of hydrogen-bond acceptors (Lipinski definition) is 2. The van der Waals surface area contributed by atoms with Crippen LogP contribution in [0.25, 0.3) is 0 Å². The van der Waals surface area contributed by atoms with E-state index in [9.17, 15) is 9.59 Å². The number of carbonyl (C=O) groups excluding carboxylic acids is 2. The highest BCUT2D eigenvalue weighted by Gasteiger charge is 2.28. The number of nitrogens with one attached hydrogen (secondary N) is 1. The molecule has 0 saturated carbocycles. The number of aryl methyl sites for hydroxylation is 2. The molecule has 0 saturated heterocycles. The van der Waals surface area contributed by atoms with E-state index in [1.54, 1.807) is 4.90 Å². The summed E-state index contributed by atoms with van der Waals surface area (Å²) in [5.41, 5.74) is 4.31. The van der Waals surface area contributed by atoms with E-state index in [0.29, 0.717) is 25.9 Å². The SMILES string of the molecule is CCCCNC(=O)C(CC)N(Cc1ccccc1C)C(=O)Cc1cccc(C)c1. The lowest BCUT2D eigenvalue weighted by atomic mass is 10.0. The fourth-order valence-electron chi connectivity index (χ4n) is 3.49. The maximum Gasteiger partial charge on any atom is 0.242 e. The molecule has 1 atom stereocenters. The molecule has 1 N–H and O–H groups in total. The number of carbonyl (C=O) groups is 2. The van der Waals surface area contributed by atoms with Crippen molar-refractivity contribution in [2.45, 2.75) is 66.0 Å². The second-order valence-electron chi connectivity index (χ2n) is 7.68. The summed E-state index contributed by atoms with van der Waals surface area (Å²) in [6.07, 6.45) is 2.85. The number of unbranched alkanes of at least 4 members (excludes halogenated alkanes) is 1. The summed E-state index contributed by atoms with van der Waals surface area (Å²) in [6.45, 7) is 9.22. The zero-order valence-electron chi connectivity index (χ0n) is 18.2. The predicted octanol–water partition coefficient (Wildman–Crippen LogP) is 4.57. The molecule has 0 spiro atoms. The summed E-state index contributed by atoms with van der Waals surface area (Å²) in [4.78, 5) is 27.9. The molecule has 0 aliphatic carbocycles. The highest BCUT2D eigenvalue weighted by molar-refractivity contribution is 5.88. The Labute approximate surface area is 175 Å². The van der Waals surface area contributed by atoms with Crippen LogP contribution in [0.15, 0.2) is 48.5 Å². The summed E-state index contributed by atoms with van der Waals surface area (Å²) < 4.78 is 0. The van der Waals surface area contributed by atoms with Gasteiger partial charge in [0.15, 0.2) is 0 Å². The highest BCUT2D eigenvalue weighted by atomic mass is 16.2. The van der Waals surface area contributed by atoms with E-state index in [1.165, 1.54) is 0 Å². The molecule has 0 aromatic heterocycles. The van der Waals surface area contributed by atoms with Gasteiger partial charge in [-0.05, 0) is 43.4 Å². The van der Waals surface area contributed by atoms with Crippen LogP contribution in [-0.4, -0.2) is 29.3 Å². The third-order valence-electron chi connectivity index (χ3n) is 5.26. The summed E-state index contributed by atoms with van der Waals surface area (Å²) >= 11 is 0. The normalized spacial score (nSPS) is 11.7. The molecule has 0 aliphatic rings. The molecule has 0 radical (unpaired) electrons. The molecule has 2 amide bonds. The lowest BCUT2D eigenvalue weighted by molar-refractivity contribution is -0.140. The standard InChI is InChI=1S/C25H34N2O2/c1-5-7-15-26-25(29)23(6-2)27(18-22-14-9-8-12-20(22)4)24(28)17-21-13-10-11-19(3)16-21/h8-14,16,23H,5-7,15,17-18H2,1-4H3,(H,26,29). The van der Waals surface area contributed by atoms with Crippen molar-refractivity contribution in [3.63, 3.8) is 0 Å². The van der Waals surface area contributed by atoms with Crippen LogP contribution in [0.5, 0.6) is 0 Å². The lowest BCUT2D eigenvalue weighted by Crippen LogP contribution is -2.49. The van der Waals surface area contributed by atoms with Gasteiger partial charge in [0.25, 0.3) is 0 Å². The molecular formula is C25H34N2O2. The number of benzene rings is 2. The quantitative estimate of drug-likeness (QED) is 0.600. The summed E-state index contributed by atoms with van der Waals surface area (Å²) in [5.74, 6) is -0.0801. The van der Waals surface area contributed by atoms with E-state index in [-0.39, 0.29) is 11.8 Å². The Morgan fingerprint density at radius 3 is 2.45 bits per heavy atom. The van der Waals surface area contributed by atoms with Gasteiger partial charge in [-0.1, -0.05) is 74.4 Å². The number of rotatable bonds is 10. The fraction of sp³-hybridized carbons (Fsp3) is 0.440.